The number of nitrogens with zero attached hydrogens (tertiary/aromatic N) is 2. The predicted molar refractivity (Wildman–Crippen MR) is 137 cm³/mol. The van der Waals surface area contributed by atoms with Crippen molar-refractivity contribution >= 4 is 16.9 Å². The smallest absolute Gasteiger partial charge is 0.251 e. The fourth-order valence-corrected chi connectivity index (χ4v) is 4.14. The van der Waals surface area contributed by atoms with Gasteiger partial charge in [-0.25, -0.2) is 4.98 Å². The fraction of sp³-hybridized carbons (Fsp3) is 0.310. The summed E-state index contributed by atoms with van der Waals surface area (Å²) in [5, 5.41) is 3.04. The van der Waals surface area contributed by atoms with Gasteiger partial charge in [0.25, 0.3) is 5.91 Å². The van der Waals surface area contributed by atoms with Crippen molar-refractivity contribution in [3.8, 4) is 5.75 Å². The maximum atomic E-state index is 12.8. The van der Waals surface area contributed by atoms with Crippen molar-refractivity contribution in [1.29, 1.82) is 0 Å². The molecule has 34 heavy (non-hydrogen) atoms. The Balaban J connectivity index is 1.46. The van der Waals surface area contributed by atoms with Gasteiger partial charge in [-0.05, 0) is 60.7 Å². The van der Waals surface area contributed by atoms with Crippen LogP contribution in [0.2, 0.25) is 0 Å². The van der Waals surface area contributed by atoms with Crippen LogP contribution < -0.4 is 10.1 Å². The number of nitrogens with one attached hydrogen (secondary N) is 1. The van der Waals surface area contributed by atoms with Crippen molar-refractivity contribution < 1.29 is 9.53 Å². The van der Waals surface area contributed by atoms with E-state index in [1.165, 1.54) is 5.56 Å². The number of rotatable bonds is 7. The first-order valence-electron chi connectivity index (χ1n) is 11.8. The first kappa shape index (κ1) is 23.6. The lowest BCUT2D eigenvalue weighted by Gasteiger charge is -2.19. The van der Waals surface area contributed by atoms with E-state index in [2.05, 4.69) is 48.9 Å². The topological polar surface area (TPSA) is 56.2 Å². The summed E-state index contributed by atoms with van der Waals surface area (Å²) in [6.45, 7) is 12.1. The normalized spacial score (nSPS) is 11.6. The van der Waals surface area contributed by atoms with Gasteiger partial charge in [0.05, 0.1) is 24.1 Å². The molecule has 1 N–H and O–H groups in total. The quantitative estimate of drug-likeness (QED) is 0.374. The first-order chi connectivity index (χ1) is 16.2. The van der Waals surface area contributed by atoms with E-state index in [9.17, 15) is 4.79 Å². The Morgan fingerprint density at radius 1 is 1.00 bits per heavy atom. The maximum Gasteiger partial charge on any atom is 0.251 e. The summed E-state index contributed by atoms with van der Waals surface area (Å²) >= 11 is 0. The van der Waals surface area contributed by atoms with Crippen LogP contribution in [0.4, 0.5) is 0 Å². The van der Waals surface area contributed by atoms with Gasteiger partial charge in [-0.15, -0.1) is 0 Å². The molecule has 5 nitrogen and oxygen atoms in total. The van der Waals surface area contributed by atoms with Crippen LogP contribution in [0.3, 0.4) is 0 Å². The van der Waals surface area contributed by atoms with Crippen LogP contribution in [0.5, 0.6) is 5.75 Å². The SMILES string of the molecule is Cc1ccc(C(=O)NCc2nc3ccccc3n2CCOc2ccc(C(C)(C)C)cc2)c(C)c1. The third kappa shape index (κ3) is 5.30. The molecule has 5 heteroatoms. The van der Waals surface area contributed by atoms with E-state index in [0.29, 0.717) is 25.3 Å². The molecule has 176 valence electrons. The molecule has 0 fully saturated rings. The monoisotopic (exact) mass is 455 g/mol. The Morgan fingerprint density at radius 3 is 2.44 bits per heavy atom. The lowest BCUT2D eigenvalue weighted by Crippen LogP contribution is -2.26. The van der Waals surface area contributed by atoms with Crippen molar-refractivity contribution in [3.05, 3.63) is 94.8 Å². The molecule has 0 aliphatic heterocycles. The van der Waals surface area contributed by atoms with Crippen LogP contribution in [0, 0.1) is 13.8 Å². The third-order valence-electron chi connectivity index (χ3n) is 6.07. The van der Waals surface area contributed by atoms with Gasteiger partial charge in [0, 0.05) is 5.56 Å². The Hall–Kier alpha value is -3.60. The van der Waals surface area contributed by atoms with Crippen LogP contribution >= 0.6 is 0 Å². The van der Waals surface area contributed by atoms with E-state index < -0.39 is 0 Å². The minimum absolute atomic E-state index is 0.0914. The molecule has 1 heterocycles. The number of ether oxygens (including phenoxy) is 1. The molecule has 0 aliphatic carbocycles. The second-order valence-corrected chi connectivity index (χ2v) is 9.79. The van der Waals surface area contributed by atoms with E-state index in [1.807, 2.05) is 62.4 Å². The molecule has 0 radical (unpaired) electrons. The molecular weight excluding hydrogens is 422 g/mol. The molecule has 0 spiro atoms. The van der Waals surface area contributed by atoms with Crippen LogP contribution in [0.25, 0.3) is 11.0 Å². The molecule has 0 saturated heterocycles. The number of hydrogen-bond donors (Lipinski definition) is 1. The summed E-state index contributed by atoms with van der Waals surface area (Å²) < 4.78 is 8.16. The van der Waals surface area contributed by atoms with Gasteiger partial charge in [0.15, 0.2) is 0 Å². The van der Waals surface area contributed by atoms with Crippen LogP contribution in [0.1, 0.15) is 53.6 Å². The number of para-hydroxylation sites is 2. The highest BCUT2D eigenvalue weighted by atomic mass is 16.5. The van der Waals surface area contributed by atoms with E-state index in [4.69, 9.17) is 9.72 Å². The van der Waals surface area contributed by atoms with Crippen LogP contribution in [0.15, 0.2) is 66.7 Å². The predicted octanol–water partition coefficient (Wildman–Crippen LogP) is 5.96. The van der Waals surface area contributed by atoms with Gasteiger partial charge >= 0.3 is 0 Å². The van der Waals surface area contributed by atoms with Gasteiger partial charge in [0.2, 0.25) is 0 Å². The summed E-state index contributed by atoms with van der Waals surface area (Å²) in [5.74, 6) is 1.57. The maximum absolute atomic E-state index is 12.8. The zero-order valence-corrected chi connectivity index (χ0v) is 20.7. The number of carbonyl (C=O) groups is 1. The largest absolute Gasteiger partial charge is 0.492 e. The number of aryl methyl sites for hydroxylation is 2. The van der Waals surface area contributed by atoms with Gasteiger partial charge in [-0.1, -0.05) is 62.7 Å². The Kier molecular flexibility index (Phi) is 6.73. The van der Waals surface area contributed by atoms with E-state index in [0.717, 1.165) is 33.7 Å². The van der Waals surface area contributed by atoms with Crippen molar-refractivity contribution in [2.75, 3.05) is 6.61 Å². The lowest BCUT2D eigenvalue weighted by atomic mass is 9.87. The second-order valence-electron chi connectivity index (χ2n) is 9.79. The lowest BCUT2D eigenvalue weighted by molar-refractivity contribution is 0.0949. The van der Waals surface area contributed by atoms with Gasteiger partial charge in [0.1, 0.15) is 18.2 Å². The number of benzene rings is 3. The molecular formula is C29H33N3O2. The molecule has 0 atom stereocenters. The van der Waals surface area contributed by atoms with Gasteiger partial charge in [-0.2, -0.15) is 0 Å². The van der Waals surface area contributed by atoms with Gasteiger partial charge < -0.3 is 14.6 Å². The number of fused-ring (bicyclic) bond motifs is 1. The van der Waals surface area contributed by atoms with E-state index in [-0.39, 0.29) is 11.3 Å². The molecule has 1 amide bonds. The number of amides is 1. The average molecular weight is 456 g/mol. The number of carbonyl (C=O) groups excluding carboxylic acids is 1. The Labute approximate surface area is 201 Å². The van der Waals surface area contributed by atoms with E-state index >= 15 is 0 Å². The third-order valence-corrected chi connectivity index (χ3v) is 6.07. The molecule has 3 aromatic carbocycles. The molecule has 0 bridgehead atoms. The van der Waals surface area contributed by atoms with Crippen molar-refractivity contribution in [3.63, 3.8) is 0 Å². The molecule has 1 aromatic heterocycles. The summed E-state index contributed by atoms with van der Waals surface area (Å²) in [6.07, 6.45) is 0. The number of imidazole rings is 1. The zero-order chi connectivity index (χ0) is 24.3. The summed E-state index contributed by atoms with van der Waals surface area (Å²) in [5.41, 5.74) is 6.14. The van der Waals surface area contributed by atoms with Crippen LogP contribution in [-0.2, 0) is 18.5 Å². The average Bonchev–Trinajstić information content (AvgIpc) is 3.15. The molecule has 0 aliphatic rings. The molecule has 0 saturated carbocycles. The summed E-state index contributed by atoms with van der Waals surface area (Å²) in [6, 6.07) is 22.2. The standard InChI is InChI=1S/C29H33N3O2/c1-20-10-15-24(21(2)18-20)28(33)30-19-27-31-25-8-6-7-9-26(25)32(27)16-17-34-23-13-11-22(12-14-23)29(3,4)5/h6-15,18H,16-17,19H2,1-5H3,(H,30,33). The highest BCUT2D eigenvalue weighted by Crippen LogP contribution is 2.24. The fourth-order valence-electron chi connectivity index (χ4n) is 4.14. The highest BCUT2D eigenvalue weighted by molar-refractivity contribution is 5.95. The number of hydrogen-bond acceptors (Lipinski definition) is 3. The summed E-state index contributed by atoms with van der Waals surface area (Å²) in [4.78, 5) is 17.6. The molecule has 4 aromatic rings. The number of aromatic nitrogens is 2. The summed E-state index contributed by atoms with van der Waals surface area (Å²) in [7, 11) is 0. The molecule has 0 unspecified atom stereocenters. The second kappa shape index (κ2) is 9.72. The van der Waals surface area contributed by atoms with Crippen molar-refractivity contribution in [2.24, 2.45) is 0 Å². The molecule has 4 rings (SSSR count). The zero-order valence-electron chi connectivity index (χ0n) is 20.7. The Bertz CT molecular complexity index is 1300. The minimum Gasteiger partial charge on any atom is -0.492 e. The van der Waals surface area contributed by atoms with Crippen molar-refractivity contribution in [2.45, 2.75) is 53.1 Å². The first-order valence-corrected chi connectivity index (χ1v) is 11.8. The minimum atomic E-state index is -0.0914. The van der Waals surface area contributed by atoms with Crippen LogP contribution in [-0.4, -0.2) is 22.1 Å². The highest BCUT2D eigenvalue weighted by Gasteiger charge is 2.15. The van der Waals surface area contributed by atoms with E-state index in [1.54, 1.807) is 0 Å². The van der Waals surface area contributed by atoms with Crippen molar-refractivity contribution in [1.82, 2.24) is 14.9 Å². The Morgan fingerprint density at radius 2 is 1.74 bits per heavy atom. The van der Waals surface area contributed by atoms with Gasteiger partial charge in [-0.3, -0.25) is 4.79 Å².